The molecule has 1 aliphatic rings. The van der Waals surface area contributed by atoms with Crippen LogP contribution in [0.3, 0.4) is 0 Å². The number of halogens is 1. The molecule has 2 aromatic carbocycles. The maximum Gasteiger partial charge on any atom is 0.333 e. The molecule has 0 unspecified atom stereocenters. The van der Waals surface area contributed by atoms with Gasteiger partial charge in [0.25, 0.3) is 0 Å². The molecule has 0 atom stereocenters. The molecule has 34 heavy (non-hydrogen) atoms. The van der Waals surface area contributed by atoms with Crippen molar-refractivity contribution in [3.05, 3.63) is 65.0 Å². The van der Waals surface area contributed by atoms with Crippen molar-refractivity contribution in [1.82, 2.24) is 9.97 Å². The largest absolute Gasteiger partial charge is 0.466 e. The number of methoxy groups -OCH3 is 1. The number of rotatable bonds is 7. The summed E-state index contributed by atoms with van der Waals surface area (Å²) >= 11 is 8.31. The van der Waals surface area contributed by atoms with Gasteiger partial charge in [-0.05, 0) is 48.9 Å². The third-order valence-corrected chi connectivity index (χ3v) is 6.23. The fourth-order valence-electron chi connectivity index (χ4n) is 3.44. The minimum absolute atomic E-state index is 0.370. The highest BCUT2D eigenvalue weighted by atomic mass is 35.5. The van der Waals surface area contributed by atoms with Crippen molar-refractivity contribution in [3.63, 3.8) is 0 Å². The van der Waals surface area contributed by atoms with Crippen LogP contribution in [0.1, 0.15) is 25.8 Å². The molecule has 7 nitrogen and oxygen atoms in total. The normalized spacial score (nSPS) is 12.8. The van der Waals surface area contributed by atoms with E-state index in [0.29, 0.717) is 51.8 Å². The quantitative estimate of drug-likeness (QED) is 0.282. The molecule has 0 spiro atoms. The zero-order valence-corrected chi connectivity index (χ0v) is 20.7. The third-order valence-electron chi connectivity index (χ3n) is 4.94. The van der Waals surface area contributed by atoms with Crippen LogP contribution in [-0.4, -0.2) is 34.8 Å². The summed E-state index contributed by atoms with van der Waals surface area (Å²) in [5, 5.41) is 7.43. The Labute approximate surface area is 207 Å². The van der Waals surface area contributed by atoms with E-state index in [9.17, 15) is 4.79 Å². The van der Waals surface area contributed by atoms with Crippen molar-refractivity contribution in [3.8, 4) is 11.5 Å². The van der Waals surface area contributed by atoms with Crippen LogP contribution in [0.15, 0.2) is 59.3 Å². The van der Waals surface area contributed by atoms with Gasteiger partial charge in [0.05, 0.1) is 17.7 Å². The number of hydrogen-bond acceptors (Lipinski definition) is 8. The monoisotopic (exact) mass is 496 g/mol. The fourth-order valence-corrected chi connectivity index (χ4v) is 4.54. The lowest BCUT2D eigenvalue weighted by Gasteiger charge is -2.14. The number of nitrogens with zero attached hydrogens (tertiary/aromatic N) is 2. The van der Waals surface area contributed by atoms with Crippen molar-refractivity contribution in [2.24, 2.45) is 0 Å². The number of benzene rings is 2. The van der Waals surface area contributed by atoms with Gasteiger partial charge in [0, 0.05) is 28.0 Å². The lowest BCUT2D eigenvalue weighted by atomic mass is 10.1. The van der Waals surface area contributed by atoms with Crippen molar-refractivity contribution < 1.29 is 14.3 Å². The van der Waals surface area contributed by atoms with Crippen LogP contribution in [0.2, 0.25) is 5.02 Å². The molecule has 9 heteroatoms. The minimum atomic E-state index is -0.370. The lowest BCUT2D eigenvalue weighted by Crippen LogP contribution is -2.08. The van der Waals surface area contributed by atoms with Crippen molar-refractivity contribution in [1.29, 1.82) is 0 Å². The summed E-state index contributed by atoms with van der Waals surface area (Å²) in [7, 11) is 1.37. The number of esters is 1. The number of thioether (sulfide) groups is 1. The van der Waals surface area contributed by atoms with Gasteiger partial charge in [0.15, 0.2) is 0 Å². The first-order chi connectivity index (χ1) is 16.4. The molecule has 176 valence electrons. The van der Waals surface area contributed by atoms with Crippen LogP contribution in [0.5, 0.6) is 11.5 Å². The number of fused-ring (bicyclic) bond motifs is 1. The summed E-state index contributed by atoms with van der Waals surface area (Å²) in [6, 6.07) is 13.4. The Balaban J connectivity index is 1.56. The molecule has 0 bridgehead atoms. The van der Waals surface area contributed by atoms with E-state index in [1.165, 1.54) is 13.4 Å². The van der Waals surface area contributed by atoms with E-state index in [4.69, 9.17) is 21.1 Å². The van der Waals surface area contributed by atoms with Gasteiger partial charge in [-0.3, -0.25) is 0 Å². The first-order valence-electron chi connectivity index (χ1n) is 10.8. The number of carbonyl (C=O) groups excluding carboxylic acids is 1. The number of carbonyl (C=O) groups is 1. The van der Waals surface area contributed by atoms with E-state index >= 15 is 0 Å². The van der Waals surface area contributed by atoms with E-state index < -0.39 is 0 Å². The topological polar surface area (TPSA) is 85.4 Å². The summed E-state index contributed by atoms with van der Waals surface area (Å²) in [4.78, 5) is 21.9. The average Bonchev–Trinajstić information content (AvgIpc) is 3.04. The van der Waals surface area contributed by atoms with E-state index in [-0.39, 0.29) is 5.97 Å². The summed E-state index contributed by atoms with van der Waals surface area (Å²) < 4.78 is 10.9. The standard InChI is InChI=1S/C25H25ClN4O3S/c1-15(2)34-19-6-4-5-18(13-19)33-22-8-7-17(12-21(22)26)30-24-20-11-16(25(31)32-3)9-10-27-23(20)28-14-29-24/h4-8,11-15H,9-10H2,1-3H3,(H2,27,28,29,30). The van der Waals surface area contributed by atoms with E-state index in [2.05, 4.69) is 40.5 Å². The van der Waals surface area contributed by atoms with E-state index in [0.717, 1.165) is 16.3 Å². The summed E-state index contributed by atoms with van der Waals surface area (Å²) in [5.41, 5.74) is 1.95. The van der Waals surface area contributed by atoms with Crippen LogP contribution >= 0.6 is 23.4 Å². The molecule has 0 amide bonds. The molecule has 1 aliphatic heterocycles. The number of ether oxygens (including phenoxy) is 2. The lowest BCUT2D eigenvalue weighted by molar-refractivity contribution is -0.136. The molecular formula is C25H25ClN4O3S. The first-order valence-corrected chi connectivity index (χ1v) is 12.1. The maximum atomic E-state index is 12.1. The Bertz CT molecular complexity index is 1230. The molecule has 0 radical (unpaired) electrons. The second kappa shape index (κ2) is 10.8. The molecule has 3 aromatic rings. The maximum absolute atomic E-state index is 12.1. The van der Waals surface area contributed by atoms with Gasteiger partial charge in [-0.25, -0.2) is 14.8 Å². The van der Waals surface area contributed by atoms with Gasteiger partial charge in [0.1, 0.15) is 29.5 Å². The number of anilines is 3. The second-order valence-electron chi connectivity index (χ2n) is 7.84. The van der Waals surface area contributed by atoms with E-state index in [1.54, 1.807) is 30.0 Å². The third kappa shape index (κ3) is 5.81. The molecule has 0 saturated heterocycles. The molecular weight excluding hydrogens is 472 g/mol. The Morgan fingerprint density at radius 1 is 1.21 bits per heavy atom. The van der Waals surface area contributed by atoms with Gasteiger partial charge in [0.2, 0.25) is 0 Å². The zero-order chi connectivity index (χ0) is 24.1. The van der Waals surface area contributed by atoms with Crippen LogP contribution in [0.25, 0.3) is 6.08 Å². The highest BCUT2D eigenvalue weighted by Crippen LogP contribution is 2.35. The SMILES string of the molecule is COC(=O)C1=Cc2c(ncnc2Nc2ccc(Oc3cccc(SC(C)C)c3)c(Cl)c2)NCC1. The van der Waals surface area contributed by atoms with Gasteiger partial charge >= 0.3 is 5.97 Å². The van der Waals surface area contributed by atoms with Gasteiger partial charge < -0.3 is 20.1 Å². The summed E-state index contributed by atoms with van der Waals surface area (Å²) in [5.74, 6) is 2.09. The predicted molar refractivity (Wildman–Crippen MR) is 137 cm³/mol. The van der Waals surface area contributed by atoms with Crippen molar-refractivity contribution in [2.45, 2.75) is 30.4 Å². The molecule has 0 aliphatic carbocycles. The number of hydrogen-bond donors (Lipinski definition) is 2. The van der Waals surface area contributed by atoms with E-state index in [1.807, 2.05) is 24.3 Å². The predicted octanol–water partition coefficient (Wildman–Crippen LogP) is 6.54. The average molecular weight is 497 g/mol. The Hall–Kier alpha value is -3.23. The number of aromatic nitrogens is 2. The smallest absolute Gasteiger partial charge is 0.333 e. The Kier molecular flexibility index (Phi) is 7.59. The van der Waals surface area contributed by atoms with Crippen LogP contribution in [-0.2, 0) is 9.53 Å². The molecule has 1 aromatic heterocycles. The Morgan fingerprint density at radius 2 is 2.06 bits per heavy atom. The van der Waals surface area contributed by atoms with Crippen LogP contribution < -0.4 is 15.4 Å². The number of nitrogens with one attached hydrogen (secondary N) is 2. The minimum Gasteiger partial charge on any atom is -0.466 e. The molecule has 0 fully saturated rings. The van der Waals surface area contributed by atoms with Gasteiger partial charge in [-0.1, -0.05) is 31.5 Å². The fraction of sp³-hybridized carbons (Fsp3) is 0.240. The highest BCUT2D eigenvalue weighted by Gasteiger charge is 2.19. The first kappa shape index (κ1) is 23.9. The molecule has 0 saturated carbocycles. The van der Waals surface area contributed by atoms with Crippen LogP contribution in [0.4, 0.5) is 17.3 Å². The summed E-state index contributed by atoms with van der Waals surface area (Å²) in [6.07, 6.45) is 3.74. The van der Waals surface area contributed by atoms with Crippen molar-refractivity contribution >= 4 is 52.7 Å². The zero-order valence-electron chi connectivity index (χ0n) is 19.1. The Morgan fingerprint density at radius 3 is 2.82 bits per heavy atom. The van der Waals surface area contributed by atoms with Gasteiger partial charge in [-0.15, -0.1) is 11.8 Å². The van der Waals surface area contributed by atoms with Gasteiger partial charge in [-0.2, -0.15) is 0 Å². The molecule has 2 heterocycles. The molecule has 4 rings (SSSR count). The summed E-state index contributed by atoms with van der Waals surface area (Å²) in [6.45, 7) is 4.87. The van der Waals surface area contributed by atoms with Crippen molar-refractivity contribution in [2.75, 3.05) is 24.3 Å². The second-order valence-corrected chi connectivity index (χ2v) is 9.89. The highest BCUT2D eigenvalue weighted by molar-refractivity contribution is 7.99. The van der Waals surface area contributed by atoms with Crippen LogP contribution in [0, 0.1) is 0 Å². The molecule has 2 N–H and O–H groups in total.